The molecule has 0 fully saturated rings. The van der Waals surface area contributed by atoms with E-state index in [2.05, 4.69) is 106 Å². The van der Waals surface area contributed by atoms with E-state index in [1.165, 1.54) is 167 Å². The number of hydrogen-bond donors (Lipinski definition) is 0. The van der Waals surface area contributed by atoms with Crippen LogP contribution in [-0.2, 0) is 28.6 Å². The molecule has 6 heteroatoms. The largest absolute Gasteiger partial charge is 0.462 e. The van der Waals surface area contributed by atoms with E-state index in [9.17, 15) is 14.4 Å². The highest BCUT2D eigenvalue weighted by Gasteiger charge is 2.19. The summed E-state index contributed by atoms with van der Waals surface area (Å²) in [6.07, 6.45) is 81.6. The van der Waals surface area contributed by atoms with Crippen LogP contribution in [0.15, 0.2) is 85.1 Å². The summed E-state index contributed by atoms with van der Waals surface area (Å²) >= 11 is 0. The average molecular weight is 1030 g/mol. The predicted octanol–water partition coefficient (Wildman–Crippen LogP) is 21.5. The smallest absolute Gasteiger partial charge is 0.306 e. The molecule has 0 saturated carbocycles. The van der Waals surface area contributed by atoms with Crippen LogP contribution in [0.5, 0.6) is 0 Å². The molecule has 0 bridgehead atoms. The number of esters is 3. The molecule has 1 atom stereocenters. The highest BCUT2D eigenvalue weighted by Crippen LogP contribution is 2.16. The van der Waals surface area contributed by atoms with Crippen molar-refractivity contribution in [1.29, 1.82) is 0 Å². The Labute approximate surface area is 458 Å². The molecule has 0 heterocycles. The van der Waals surface area contributed by atoms with Gasteiger partial charge in [-0.25, -0.2) is 0 Å². The van der Waals surface area contributed by atoms with Gasteiger partial charge in [0.05, 0.1) is 0 Å². The van der Waals surface area contributed by atoms with Crippen molar-refractivity contribution in [2.45, 2.75) is 316 Å². The number of hydrogen-bond acceptors (Lipinski definition) is 6. The van der Waals surface area contributed by atoms with Gasteiger partial charge in [-0.05, 0) is 96.3 Å². The van der Waals surface area contributed by atoms with E-state index in [4.69, 9.17) is 14.2 Å². The number of rotatable bonds is 57. The summed E-state index contributed by atoms with van der Waals surface area (Å²) in [5.41, 5.74) is 0. The van der Waals surface area contributed by atoms with E-state index in [1.54, 1.807) is 0 Å². The lowest BCUT2D eigenvalue weighted by Gasteiger charge is -2.18. The number of ether oxygens (including phenoxy) is 3. The van der Waals surface area contributed by atoms with E-state index in [0.717, 1.165) is 103 Å². The van der Waals surface area contributed by atoms with Gasteiger partial charge < -0.3 is 14.2 Å². The third kappa shape index (κ3) is 59.5. The van der Waals surface area contributed by atoms with Gasteiger partial charge in [0.25, 0.3) is 0 Å². The lowest BCUT2D eigenvalue weighted by atomic mass is 10.0. The molecule has 0 saturated heterocycles. The number of allylic oxidation sites excluding steroid dienone is 14. The van der Waals surface area contributed by atoms with E-state index >= 15 is 0 Å². The molecule has 0 rings (SSSR count). The normalized spacial score (nSPS) is 12.6. The van der Waals surface area contributed by atoms with Crippen molar-refractivity contribution in [3.63, 3.8) is 0 Å². The molecule has 0 amide bonds. The molecule has 0 aliphatic carbocycles. The first-order chi connectivity index (χ1) is 36.5. The second-order valence-electron chi connectivity index (χ2n) is 20.9. The lowest BCUT2D eigenvalue weighted by Crippen LogP contribution is -2.30. The van der Waals surface area contributed by atoms with Crippen LogP contribution >= 0.6 is 0 Å². The Kier molecular flexibility index (Phi) is 59.3. The summed E-state index contributed by atoms with van der Waals surface area (Å²) in [5, 5.41) is 0. The Morgan fingerprint density at radius 2 is 0.527 bits per heavy atom. The molecule has 0 aromatic rings. The standard InChI is InChI=1S/C68H118O6/c1-4-7-10-13-16-19-22-24-26-28-29-30-31-32-33-34-35-36-37-38-39-41-42-44-46-49-52-55-58-61-67(70)73-64-65(63-72-66(69)60-57-54-51-48-21-18-15-12-9-6-3)74-68(71)62-59-56-53-50-47-45-43-40-27-25-23-20-17-14-11-8-5-2/h7,10,16-17,19-20,24-27,29-30,32-33,65H,4-6,8-9,11-15,18,21-23,28,31,34-64H2,1-3H3/b10-7-,19-16-,20-17-,26-24-,27-25-,30-29-,33-32-. The maximum Gasteiger partial charge on any atom is 0.306 e. The Morgan fingerprint density at radius 3 is 0.851 bits per heavy atom. The van der Waals surface area contributed by atoms with Gasteiger partial charge in [0.1, 0.15) is 13.2 Å². The molecule has 0 aromatic heterocycles. The van der Waals surface area contributed by atoms with Crippen LogP contribution in [-0.4, -0.2) is 37.2 Å². The minimum atomic E-state index is -0.779. The number of carbonyl (C=O) groups excluding carboxylic acids is 3. The van der Waals surface area contributed by atoms with Crippen molar-refractivity contribution in [1.82, 2.24) is 0 Å². The highest BCUT2D eigenvalue weighted by molar-refractivity contribution is 5.71. The summed E-state index contributed by atoms with van der Waals surface area (Å²) in [4.78, 5) is 38.2. The first-order valence-electron chi connectivity index (χ1n) is 31.6. The van der Waals surface area contributed by atoms with Gasteiger partial charge in [-0.3, -0.25) is 14.4 Å². The van der Waals surface area contributed by atoms with Crippen LogP contribution in [0.25, 0.3) is 0 Å². The van der Waals surface area contributed by atoms with Crippen molar-refractivity contribution in [3.05, 3.63) is 85.1 Å². The number of carbonyl (C=O) groups is 3. The molecular weight excluding hydrogens is 913 g/mol. The van der Waals surface area contributed by atoms with Crippen LogP contribution in [0.4, 0.5) is 0 Å². The minimum absolute atomic E-state index is 0.0764. The molecule has 6 nitrogen and oxygen atoms in total. The van der Waals surface area contributed by atoms with Gasteiger partial charge in [0, 0.05) is 19.3 Å². The summed E-state index contributed by atoms with van der Waals surface area (Å²) in [6, 6.07) is 0. The maximum absolute atomic E-state index is 12.9. The zero-order valence-corrected chi connectivity index (χ0v) is 48.8. The van der Waals surface area contributed by atoms with Crippen LogP contribution < -0.4 is 0 Å². The molecule has 0 radical (unpaired) electrons. The van der Waals surface area contributed by atoms with Crippen molar-refractivity contribution in [2.24, 2.45) is 0 Å². The maximum atomic E-state index is 12.9. The Bertz CT molecular complexity index is 1420. The molecular formula is C68H118O6. The van der Waals surface area contributed by atoms with E-state index in [1.807, 2.05) is 0 Å². The van der Waals surface area contributed by atoms with Gasteiger partial charge in [0.15, 0.2) is 6.10 Å². The number of unbranched alkanes of at least 4 members (excludes halogenated alkanes) is 32. The van der Waals surface area contributed by atoms with Crippen LogP contribution in [0.1, 0.15) is 310 Å². The van der Waals surface area contributed by atoms with Crippen LogP contribution in [0.3, 0.4) is 0 Å². The predicted molar refractivity (Wildman–Crippen MR) is 321 cm³/mol. The molecule has 0 spiro atoms. The summed E-state index contributed by atoms with van der Waals surface area (Å²) < 4.78 is 16.9. The van der Waals surface area contributed by atoms with E-state index in [-0.39, 0.29) is 31.1 Å². The Hall–Kier alpha value is -3.41. The lowest BCUT2D eigenvalue weighted by molar-refractivity contribution is -0.167. The van der Waals surface area contributed by atoms with Gasteiger partial charge in [-0.1, -0.05) is 279 Å². The average Bonchev–Trinajstić information content (AvgIpc) is 3.40. The zero-order chi connectivity index (χ0) is 53.6. The molecule has 74 heavy (non-hydrogen) atoms. The van der Waals surface area contributed by atoms with Gasteiger partial charge in [0.2, 0.25) is 0 Å². The molecule has 426 valence electrons. The van der Waals surface area contributed by atoms with Gasteiger partial charge in [-0.15, -0.1) is 0 Å². The van der Waals surface area contributed by atoms with Gasteiger partial charge >= 0.3 is 17.9 Å². The zero-order valence-electron chi connectivity index (χ0n) is 48.8. The van der Waals surface area contributed by atoms with Crippen molar-refractivity contribution in [2.75, 3.05) is 13.2 Å². The summed E-state index contributed by atoms with van der Waals surface area (Å²) in [7, 11) is 0. The second kappa shape index (κ2) is 62.1. The Balaban J connectivity index is 4.19. The first kappa shape index (κ1) is 70.6. The molecule has 1 unspecified atom stereocenters. The quantitative estimate of drug-likeness (QED) is 0.0261. The van der Waals surface area contributed by atoms with Crippen LogP contribution in [0.2, 0.25) is 0 Å². The monoisotopic (exact) mass is 1030 g/mol. The fourth-order valence-corrected chi connectivity index (χ4v) is 8.91. The second-order valence-corrected chi connectivity index (χ2v) is 20.9. The van der Waals surface area contributed by atoms with Crippen LogP contribution in [0, 0.1) is 0 Å². The highest BCUT2D eigenvalue weighted by atomic mass is 16.6. The molecule has 0 aliphatic heterocycles. The first-order valence-corrected chi connectivity index (χ1v) is 31.6. The SMILES string of the molecule is CC/C=C\C/C=C\C/C=C\C/C=C\C/C=C\CCCCCCCCCCCCCCCC(=O)OCC(COC(=O)CCCCCCCCCCCC)OC(=O)CCCCCCCCC/C=C\C/C=C\CCCCC. The van der Waals surface area contributed by atoms with E-state index < -0.39 is 6.10 Å². The molecule has 0 aliphatic rings. The summed E-state index contributed by atoms with van der Waals surface area (Å²) in [6.45, 7) is 6.51. The molecule has 0 N–H and O–H groups in total. The third-order valence-corrected chi connectivity index (χ3v) is 13.6. The van der Waals surface area contributed by atoms with Crippen molar-refractivity contribution in [3.8, 4) is 0 Å². The fraction of sp³-hybridized carbons (Fsp3) is 0.750. The van der Waals surface area contributed by atoms with Gasteiger partial charge in [-0.2, -0.15) is 0 Å². The van der Waals surface area contributed by atoms with E-state index in [0.29, 0.717) is 19.3 Å². The fourth-order valence-electron chi connectivity index (χ4n) is 8.91. The van der Waals surface area contributed by atoms with Crippen molar-refractivity contribution >= 4 is 17.9 Å². The minimum Gasteiger partial charge on any atom is -0.462 e. The topological polar surface area (TPSA) is 78.9 Å². The Morgan fingerprint density at radius 1 is 0.284 bits per heavy atom. The molecule has 0 aromatic carbocycles. The summed E-state index contributed by atoms with van der Waals surface area (Å²) in [5.74, 6) is -0.876. The third-order valence-electron chi connectivity index (χ3n) is 13.6. The van der Waals surface area contributed by atoms with Crippen molar-refractivity contribution < 1.29 is 28.6 Å².